The minimum Gasteiger partial charge on any atom is -0.464 e. The van der Waals surface area contributed by atoms with Gasteiger partial charge in [0, 0.05) is 23.2 Å². The number of aromatic nitrogens is 1. The standard InChI is InChI=1S/C30H29N3O6/c1-4-38-28(34)30(29(35)39-5-2)25(20-11-7-6-8-12-20)26-19(3)23-13-9-10-14-24(23)32(26)27(31-30)21-15-17-22(18-16-21)33(36)37/h6-18,25,27,31H,4-5H2,1-3H3/t25-,27-/m0/s1. The highest BCUT2D eigenvalue weighted by atomic mass is 16.6. The van der Waals surface area contributed by atoms with E-state index in [1.807, 2.05) is 61.5 Å². The van der Waals surface area contributed by atoms with Crippen molar-refractivity contribution in [1.29, 1.82) is 0 Å². The van der Waals surface area contributed by atoms with E-state index in [0.29, 0.717) is 5.56 Å². The summed E-state index contributed by atoms with van der Waals surface area (Å²) in [5, 5.41) is 15.7. The van der Waals surface area contributed by atoms with Crippen molar-refractivity contribution in [3.63, 3.8) is 0 Å². The molecule has 3 aromatic carbocycles. The summed E-state index contributed by atoms with van der Waals surface area (Å²) in [6, 6.07) is 23.3. The number of rotatable bonds is 7. The van der Waals surface area contributed by atoms with Crippen LogP contribution in [0, 0.1) is 17.0 Å². The van der Waals surface area contributed by atoms with Gasteiger partial charge in [0.05, 0.1) is 29.6 Å². The first-order valence-electron chi connectivity index (χ1n) is 12.9. The van der Waals surface area contributed by atoms with Crippen LogP contribution >= 0.6 is 0 Å². The zero-order valence-electron chi connectivity index (χ0n) is 21.9. The molecule has 0 aliphatic carbocycles. The van der Waals surface area contributed by atoms with Crippen molar-refractivity contribution < 1.29 is 24.0 Å². The number of para-hydroxylation sites is 1. The van der Waals surface area contributed by atoms with Gasteiger partial charge in [0.25, 0.3) is 5.69 Å². The monoisotopic (exact) mass is 527 g/mol. The zero-order chi connectivity index (χ0) is 27.7. The van der Waals surface area contributed by atoms with Gasteiger partial charge in [-0.15, -0.1) is 0 Å². The van der Waals surface area contributed by atoms with E-state index in [-0.39, 0.29) is 18.9 Å². The Balaban J connectivity index is 1.89. The number of nitro benzene ring substituents is 1. The number of carbonyl (C=O) groups is 2. The number of esters is 2. The number of aryl methyl sites for hydroxylation is 1. The minimum atomic E-state index is -1.94. The topological polar surface area (TPSA) is 113 Å². The van der Waals surface area contributed by atoms with Crippen molar-refractivity contribution in [1.82, 2.24) is 9.88 Å². The molecule has 2 heterocycles. The second-order valence-electron chi connectivity index (χ2n) is 9.39. The SMILES string of the molecule is CCOC(=O)C1(C(=O)OCC)N[C@H](c2ccc([N+](=O)[O-])cc2)n2c(c(C)c3ccccc32)[C@@H]1c1ccccc1. The molecule has 0 fully saturated rings. The second kappa shape index (κ2) is 10.3. The molecule has 1 aliphatic heterocycles. The summed E-state index contributed by atoms with van der Waals surface area (Å²) in [4.78, 5) is 38.9. The van der Waals surface area contributed by atoms with Gasteiger partial charge in [0.1, 0.15) is 6.17 Å². The maximum Gasteiger partial charge on any atom is 0.339 e. The van der Waals surface area contributed by atoms with Crippen molar-refractivity contribution in [2.75, 3.05) is 13.2 Å². The van der Waals surface area contributed by atoms with Crippen LogP contribution in [0.1, 0.15) is 48.3 Å². The Bertz CT molecular complexity index is 1530. The molecule has 2 atom stereocenters. The second-order valence-corrected chi connectivity index (χ2v) is 9.39. The number of nitro groups is 1. The lowest BCUT2D eigenvalue weighted by molar-refractivity contribution is -0.384. The van der Waals surface area contributed by atoms with Gasteiger partial charge in [-0.25, -0.2) is 9.59 Å². The smallest absolute Gasteiger partial charge is 0.339 e. The van der Waals surface area contributed by atoms with Crippen LogP contribution in [0.25, 0.3) is 10.9 Å². The number of non-ortho nitro benzene ring substituents is 1. The molecule has 1 aromatic heterocycles. The highest BCUT2D eigenvalue weighted by Crippen LogP contribution is 2.48. The van der Waals surface area contributed by atoms with Crippen LogP contribution in [0.5, 0.6) is 0 Å². The molecular formula is C30H29N3O6. The number of benzene rings is 3. The van der Waals surface area contributed by atoms with Crippen molar-refractivity contribution in [2.24, 2.45) is 0 Å². The molecule has 39 heavy (non-hydrogen) atoms. The molecule has 1 N–H and O–H groups in total. The number of fused-ring (bicyclic) bond motifs is 3. The van der Waals surface area contributed by atoms with Gasteiger partial charge in [0.2, 0.25) is 5.54 Å². The van der Waals surface area contributed by atoms with Gasteiger partial charge in [0.15, 0.2) is 0 Å². The summed E-state index contributed by atoms with van der Waals surface area (Å²) in [7, 11) is 0. The fraction of sp³-hybridized carbons (Fsp3) is 0.267. The first-order chi connectivity index (χ1) is 18.8. The highest BCUT2D eigenvalue weighted by Gasteiger charge is 2.61. The van der Waals surface area contributed by atoms with Crippen LogP contribution in [0.3, 0.4) is 0 Å². The number of nitrogens with zero attached hydrogens (tertiary/aromatic N) is 2. The van der Waals surface area contributed by atoms with Gasteiger partial charge in [-0.1, -0.05) is 48.5 Å². The lowest BCUT2D eigenvalue weighted by atomic mass is 9.73. The molecule has 0 radical (unpaired) electrons. The third-order valence-electron chi connectivity index (χ3n) is 7.29. The fourth-order valence-electron chi connectivity index (χ4n) is 5.64. The molecule has 5 rings (SSSR count). The third-order valence-corrected chi connectivity index (χ3v) is 7.29. The molecule has 9 nitrogen and oxygen atoms in total. The summed E-state index contributed by atoms with van der Waals surface area (Å²) >= 11 is 0. The quantitative estimate of drug-likeness (QED) is 0.156. The van der Waals surface area contributed by atoms with Crippen LogP contribution < -0.4 is 5.32 Å². The van der Waals surface area contributed by atoms with E-state index in [1.165, 1.54) is 12.1 Å². The molecular weight excluding hydrogens is 498 g/mol. The van der Waals surface area contributed by atoms with Gasteiger partial charge >= 0.3 is 11.9 Å². The van der Waals surface area contributed by atoms with Gasteiger partial charge in [-0.3, -0.25) is 15.4 Å². The van der Waals surface area contributed by atoms with Crippen molar-refractivity contribution >= 4 is 28.5 Å². The molecule has 0 bridgehead atoms. The largest absolute Gasteiger partial charge is 0.464 e. The summed E-state index contributed by atoms with van der Waals surface area (Å²) < 4.78 is 13.2. The number of hydrogen-bond donors (Lipinski definition) is 1. The Hall–Kier alpha value is -4.50. The van der Waals surface area contributed by atoms with Gasteiger partial charge < -0.3 is 14.0 Å². The zero-order valence-corrected chi connectivity index (χ0v) is 21.9. The number of hydrogen-bond acceptors (Lipinski definition) is 7. The van der Waals surface area contributed by atoms with E-state index in [2.05, 4.69) is 9.88 Å². The Morgan fingerprint density at radius 1 is 0.897 bits per heavy atom. The van der Waals surface area contributed by atoms with E-state index in [9.17, 15) is 19.7 Å². The minimum absolute atomic E-state index is 0.0625. The summed E-state index contributed by atoms with van der Waals surface area (Å²) in [6.07, 6.45) is -0.742. The predicted octanol–water partition coefficient (Wildman–Crippen LogP) is 5.00. The van der Waals surface area contributed by atoms with Crippen LogP contribution in [0.15, 0.2) is 78.9 Å². The Kier molecular flexibility index (Phi) is 6.93. The summed E-state index contributed by atoms with van der Waals surface area (Å²) in [5.74, 6) is -2.29. The molecule has 0 saturated carbocycles. The van der Waals surface area contributed by atoms with E-state index in [0.717, 1.165) is 27.7 Å². The molecule has 4 aromatic rings. The molecule has 0 spiro atoms. The third kappa shape index (κ3) is 4.15. The molecule has 0 saturated heterocycles. The Labute approximate surface area is 225 Å². The molecule has 1 aliphatic rings. The summed E-state index contributed by atoms with van der Waals surface area (Å²) in [5.41, 5.74) is 1.93. The maximum absolute atomic E-state index is 14.0. The van der Waals surface area contributed by atoms with E-state index in [4.69, 9.17) is 9.47 Å². The maximum atomic E-state index is 14.0. The lowest BCUT2D eigenvalue weighted by Crippen LogP contribution is -2.67. The average Bonchev–Trinajstić information content (AvgIpc) is 3.25. The van der Waals surface area contributed by atoms with Crippen molar-refractivity contribution in [3.8, 4) is 0 Å². The van der Waals surface area contributed by atoms with E-state index < -0.39 is 34.5 Å². The van der Waals surface area contributed by atoms with Crippen LogP contribution in [-0.2, 0) is 19.1 Å². The van der Waals surface area contributed by atoms with Gasteiger partial charge in [-0.2, -0.15) is 0 Å². The molecule has 9 heteroatoms. The van der Waals surface area contributed by atoms with Crippen LogP contribution in [0.2, 0.25) is 0 Å². The van der Waals surface area contributed by atoms with Crippen LogP contribution in [-0.4, -0.2) is 40.2 Å². The van der Waals surface area contributed by atoms with Crippen molar-refractivity contribution in [3.05, 3.63) is 111 Å². The molecule has 200 valence electrons. The normalized spacial score (nSPS) is 17.8. The van der Waals surface area contributed by atoms with Crippen LogP contribution in [0.4, 0.5) is 5.69 Å². The van der Waals surface area contributed by atoms with Gasteiger partial charge in [-0.05, 0) is 55.7 Å². The number of nitrogens with one attached hydrogen (secondary N) is 1. The van der Waals surface area contributed by atoms with E-state index >= 15 is 0 Å². The van der Waals surface area contributed by atoms with E-state index in [1.54, 1.807) is 26.0 Å². The first kappa shape index (κ1) is 26.1. The van der Waals surface area contributed by atoms with Crippen molar-refractivity contribution in [2.45, 2.75) is 38.4 Å². The predicted molar refractivity (Wildman–Crippen MR) is 145 cm³/mol. The average molecular weight is 528 g/mol. The number of carbonyl (C=O) groups excluding carboxylic acids is 2. The Morgan fingerprint density at radius 2 is 1.49 bits per heavy atom. The summed E-state index contributed by atoms with van der Waals surface area (Å²) in [6.45, 7) is 5.48. The number of ether oxygens (including phenoxy) is 2. The highest BCUT2D eigenvalue weighted by molar-refractivity contribution is 6.08. The molecule has 0 amide bonds. The first-order valence-corrected chi connectivity index (χ1v) is 12.9. The lowest BCUT2D eigenvalue weighted by Gasteiger charge is -2.46. The molecule has 0 unspecified atom stereocenters. The fourth-order valence-corrected chi connectivity index (χ4v) is 5.64. The Morgan fingerprint density at radius 3 is 2.08 bits per heavy atom.